The first-order valence-electron chi connectivity index (χ1n) is 6.22. The van der Waals surface area contributed by atoms with E-state index in [0.717, 1.165) is 15.4 Å². The van der Waals surface area contributed by atoms with Crippen LogP contribution in [0.2, 0.25) is 0 Å². The molecule has 4 nitrogen and oxygen atoms in total. The number of nitro benzene ring substituents is 1. The Kier molecular flexibility index (Phi) is 3.82. The molecule has 0 bridgehead atoms. The highest BCUT2D eigenvalue weighted by atomic mass is 79.9. The summed E-state index contributed by atoms with van der Waals surface area (Å²) in [5.41, 5.74) is 1.85. The molecule has 0 aliphatic heterocycles. The Labute approximate surface area is 137 Å². The van der Waals surface area contributed by atoms with Crippen LogP contribution >= 0.6 is 31.9 Å². The van der Waals surface area contributed by atoms with E-state index in [-0.39, 0.29) is 10.6 Å². The summed E-state index contributed by atoms with van der Waals surface area (Å²) in [4.78, 5) is 10.8. The van der Waals surface area contributed by atoms with Crippen LogP contribution in [0, 0.1) is 10.1 Å². The van der Waals surface area contributed by atoms with E-state index in [0.29, 0.717) is 16.6 Å². The molecule has 0 radical (unpaired) electrons. The maximum absolute atomic E-state index is 11.2. The van der Waals surface area contributed by atoms with Crippen molar-refractivity contribution in [1.82, 2.24) is 4.57 Å². The van der Waals surface area contributed by atoms with E-state index in [1.54, 1.807) is 6.07 Å². The van der Waals surface area contributed by atoms with Gasteiger partial charge in [0.25, 0.3) is 5.69 Å². The van der Waals surface area contributed by atoms with Gasteiger partial charge in [-0.05, 0) is 35.7 Å². The van der Waals surface area contributed by atoms with Crippen molar-refractivity contribution in [2.45, 2.75) is 6.54 Å². The van der Waals surface area contributed by atoms with Gasteiger partial charge in [-0.1, -0.05) is 37.9 Å². The summed E-state index contributed by atoms with van der Waals surface area (Å²) in [6, 6.07) is 13.2. The molecule has 106 valence electrons. The van der Waals surface area contributed by atoms with Gasteiger partial charge in [-0.3, -0.25) is 10.1 Å². The zero-order chi connectivity index (χ0) is 15.0. The van der Waals surface area contributed by atoms with Crippen molar-refractivity contribution in [2.75, 3.05) is 0 Å². The summed E-state index contributed by atoms with van der Waals surface area (Å²) >= 11 is 6.73. The first kappa shape index (κ1) is 14.3. The number of rotatable bonds is 3. The lowest BCUT2D eigenvalue weighted by Gasteiger charge is -2.07. The molecule has 0 unspecified atom stereocenters. The van der Waals surface area contributed by atoms with Gasteiger partial charge in [0, 0.05) is 32.3 Å². The average molecular weight is 410 g/mol. The van der Waals surface area contributed by atoms with Crippen LogP contribution in [0.25, 0.3) is 10.9 Å². The third-order valence-electron chi connectivity index (χ3n) is 3.32. The molecule has 0 aliphatic rings. The van der Waals surface area contributed by atoms with E-state index < -0.39 is 0 Å². The molecule has 21 heavy (non-hydrogen) atoms. The molecule has 0 atom stereocenters. The minimum Gasteiger partial charge on any atom is -0.343 e. The van der Waals surface area contributed by atoms with Gasteiger partial charge in [0.05, 0.1) is 11.5 Å². The van der Waals surface area contributed by atoms with Crippen molar-refractivity contribution in [3.63, 3.8) is 0 Å². The van der Waals surface area contributed by atoms with Gasteiger partial charge in [0.15, 0.2) is 0 Å². The van der Waals surface area contributed by atoms with Crippen LogP contribution in [0.5, 0.6) is 0 Å². The highest BCUT2D eigenvalue weighted by Gasteiger charge is 2.15. The number of benzene rings is 2. The Morgan fingerprint density at radius 2 is 1.76 bits per heavy atom. The lowest BCUT2D eigenvalue weighted by Crippen LogP contribution is -2.02. The zero-order valence-corrected chi connectivity index (χ0v) is 14.0. The Bertz CT molecular complexity index is 843. The lowest BCUT2D eigenvalue weighted by atomic mass is 10.2. The predicted octanol–water partition coefficient (Wildman–Crippen LogP) is 5.12. The highest BCUT2D eigenvalue weighted by molar-refractivity contribution is 9.10. The second-order valence-corrected chi connectivity index (χ2v) is 6.51. The van der Waals surface area contributed by atoms with Gasteiger partial charge < -0.3 is 4.57 Å². The van der Waals surface area contributed by atoms with Gasteiger partial charge in [0.2, 0.25) is 0 Å². The number of halogens is 2. The first-order valence-corrected chi connectivity index (χ1v) is 7.80. The van der Waals surface area contributed by atoms with Gasteiger partial charge in [-0.25, -0.2) is 0 Å². The maximum Gasteiger partial charge on any atom is 0.275 e. The number of nitro groups is 1. The largest absolute Gasteiger partial charge is 0.343 e. The summed E-state index contributed by atoms with van der Waals surface area (Å²) in [5.74, 6) is 0. The standard InChI is InChI=1S/C15H10Br2N2O2/c16-12-3-1-10-5-6-18(14(10)7-12)9-11-2-4-13(17)8-15(11)19(20)21/h1-8H,9H2. The topological polar surface area (TPSA) is 48.1 Å². The molecule has 3 aromatic rings. The number of nitrogens with zero attached hydrogens (tertiary/aromatic N) is 2. The minimum atomic E-state index is -0.346. The first-order chi connectivity index (χ1) is 10.0. The van der Waals surface area contributed by atoms with Crippen LogP contribution < -0.4 is 0 Å². The zero-order valence-electron chi connectivity index (χ0n) is 10.8. The van der Waals surface area contributed by atoms with Gasteiger partial charge in [-0.15, -0.1) is 0 Å². The molecule has 1 aromatic heterocycles. The summed E-state index contributed by atoms with van der Waals surface area (Å²) < 4.78 is 3.70. The molecule has 2 aromatic carbocycles. The maximum atomic E-state index is 11.2. The monoisotopic (exact) mass is 408 g/mol. The van der Waals surface area contributed by atoms with Crippen LogP contribution in [0.3, 0.4) is 0 Å². The Hall–Kier alpha value is -1.66. The predicted molar refractivity (Wildman–Crippen MR) is 89.5 cm³/mol. The Morgan fingerprint density at radius 3 is 2.52 bits per heavy atom. The van der Waals surface area contributed by atoms with E-state index in [9.17, 15) is 10.1 Å². The number of aromatic nitrogens is 1. The van der Waals surface area contributed by atoms with Crippen LogP contribution in [0.15, 0.2) is 57.6 Å². The van der Waals surface area contributed by atoms with Gasteiger partial charge >= 0.3 is 0 Å². The second kappa shape index (κ2) is 5.61. The Morgan fingerprint density at radius 1 is 1.05 bits per heavy atom. The van der Waals surface area contributed by atoms with Crippen molar-refractivity contribution in [3.05, 3.63) is 73.3 Å². The summed E-state index contributed by atoms with van der Waals surface area (Å²) in [6.07, 6.45) is 1.95. The van der Waals surface area contributed by atoms with E-state index in [4.69, 9.17) is 0 Å². The fourth-order valence-electron chi connectivity index (χ4n) is 2.32. The molecular formula is C15H10Br2N2O2. The molecule has 6 heteroatoms. The van der Waals surface area contributed by atoms with Gasteiger partial charge in [0.1, 0.15) is 0 Å². The molecule has 0 aliphatic carbocycles. The fraction of sp³-hybridized carbons (Fsp3) is 0.0667. The van der Waals surface area contributed by atoms with E-state index in [1.165, 1.54) is 6.07 Å². The van der Waals surface area contributed by atoms with Crippen LogP contribution in [-0.2, 0) is 6.54 Å². The molecule has 0 spiro atoms. The van der Waals surface area contributed by atoms with Crippen molar-refractivity contribution in [1.29, 1.82) is 0 Å². The van der Waals surface area contributed by atoms with Crippen LogP contribution in [-0.4, -0.2) is 9.49 Å². The molecule has 1 heterocycles. The lowest BCUT2D eigenvalue weighted by molar-refractivity contribution is -0.385. The van der Waals surface area contributed by atoms with Crippen molar-refractivity contribution in [2.24, 2.45) is 0 Å². The third kappa shape index (κ3) is 2.87. The molecule has 0 fully saturated rings. The second-order valence-electron chi connectivity index (χ2n) is 4.68. The van der Waals surface area contributed by atoms with Crippen molar-refractivity contribution >= 4 is 48.5 Å². The summed E-state index contributed by atoms with van der Waals surface area (Å²) in [6.45, 7) is 0.462. The number of hydrogen-bond acceptors (Lipinski definition) is 2. The van der Waals surface area contributed by atoms with E-state index >= 15 is 0 Å². The van der Waals surface area contributed by atoms with Crippen LogP contribution in [0.1, 0.15) is 5.56 Å². The highest BCUT2D eigenvalue weighted by Crippen LogP contribution is 2.27. The molecular weight excluding hydrogens is 400 g/mol. The quantitative estimate of drug-likeness (QED) is 0.445. The van der Waals surface area contributed by atoms with Crippen LogP contribution in [0.4, 0.5) is 5.69 Å². The molecule has 0 saturated carbocycles. The average Bonchev–Trinajstić information content (AvgIpc) is 2.83. The summed E-state index contributed by atoms with van der Waals surface area (Å²) in [5, 5.41) is 12.3. The third-order valence-corrected chi connectivity index (χ3v) is 4.31. The summed E-state index contributed by atoms with van der Waals surface area (Å²) in [7, 11) is 0. The molecule has 0 N–H and O–H groups in total. The molecule has 0 amide bonds. The van der Waals surface area contributed by atoms with E-state index in [1.807, 2.05) is 41.1 Å². The molecule has 0 saturated heterocycles. The smallest absolute Gasteiger partial charge is 0.275 e. The van der Waals surface area contributed by atoms with Gasteiger partial charge in [-0.2, -0.15) is 0 Å². The van der Waals surface area contributed by atoms with E-state index in [2.05, 4.69) is 31.9 Å². The molecule has 3 rings (SSSR count). The van der Waals surface area contributed by atoms with Crippen molar-refractivity contribution < 1.29 is 4.92 Å². The number of fused-ring (bicyclic) bond motifs is 1. The minimum absolute atomic E-state index is 0.126. The SMILES string of the molecule is O=[N+]([O-])c1cc(Br)ccc1Cn1ccc2ccc(Br)cc21. The number of hydrogen-bond donors (Lipinski definition) is 0. The normalized spacial score (nSPS) is 11.0. The fourth-order valence-corrected chi connectivity index (χ4v) is 3.02. The van der Waals surface area contributed by atoms with Crippen molar-refractivity contribution in [3.8, 4) is 0 Å². The Balaban J connectivity index is 2.06.